The van der Waals surface area contributed by atoms with Crippen molar-refractivity contribution < 1.29 is 14.0 Å². The highest BCUT2D eigenvalue weighted by atomic mass is 35.5. The van der Waals surface area contributed by atoms with Crippen LogP contribution in [0.2, 0.25) is 15.1 Å². The molecule has 1 saturated heterocycles. The van der Waals surface area contributed by atoms with Crippen molar-refractivity contribution >= 4 is 64.1 Å². The minimum atomic E-state index is -0.324. The maximum Gasteiger partial charge on any atom is 0.253 e. The number of nitrogens with zero attached hydrogens (tertiary/aromatic N) is 2. The van der Waals surface area contributed by atoms with Gasteiger partial charge in [-0.25, -0.2) is 0 Å². The topological polar surface area (TPSA) is 65.8 Å². The SMILES string of the molecule is O=C(/C=C/c1ccc(-c2cc(Cl)cc(Cl)c2)o1)Nc1ccc(N2CCN(C(=O)c3ccccc3)CC2)c(Cl)c1. The molecule has 5 rings (SSSR count). The predicted octanol–water partition coefficient (Wildman–Crippen LogP) is 7.52. The molecule has 198 valence electrons. The van der Waals surface area contributed by atoms with E-state index < -0.39 is 0 Å². The van der Waals surface area contributed by atoms with Crippen molar-refractivity contribution in [2.45, 2.75) is 0 Å². The first-order chi connectivity index (χ1) is 18.9. The molecule has 0 bridgehead atoms. The molecule has 2 amide bonds. The van der Waals surface area contributed by atoms with Crippen LogP contribution in [0.1, 0.15) is 16.1 Å². The number of nitrogens with one attached hydrogen (secondary N) is 1. The van der Waals surface area contributed by atoms with E-state index in [1.807, 2.05) is 47.4 Å². The summed E-state index contributed by atoms with van der Waals surface area (Å²) in [5, 5.41) is 4.36. The van der Waals surface area contributed by atoms with E-state index in [-0.39, 0.29) is 11.8 Å². The van der Waals surface area contributed by atoms with Gasteiger partial charge < -0.3 is 19.5 Å². The zero-order valence-electron chi connectivity index (χ0n) is 20.7. The summed E-state index contributed by atoms with van der Waals surface area (Å²) in [6.45, 7) is 2.54. The minimum absolute atomic E-state index is 0.0343. The van der Waals surface area contributed by atoms with Gasteiger partial charge in [0.2, 0.25) is 5.91 Å². The second kappa shape index (κ2) is 12.0. The maximum absolute atomic E-state index is 12.7. The molecule has 2 heterocycles. The van der Waals surface area contributed by atoms with Crippen LogP contribution in [0.4, 0.5) is 11.4 Å². The highest BCUT2D eigenvalue weighted by Gasteiger charge is 2.23. The minimum Gasteiger partial charge on any atom is -0.457 e. The van der Waals surface area contributed by atoms with Gasteiger partial charge in [0, 0.05) is 59.1 Å². The predicted molar refractivity (Wildman–Crippen MR) is 158 cm³/mol. The number of carbonyl (C=O) groups excluding carboxylic acids is 2. The number of rotatable bonds is 6. The summed E-state index contributed by atoms with van der Waals surface area (Å²) in [7, 11) is 0. The van der Waals surface area contributed by atoms with Gasteiger partial charge in [0.25, 0.3) is 5.91 Å². The quantitative estimate of drug-likeness (QED) is 0.240. The summed E-state index contributed by atoms with van der Waals surface area (Å²) in [6, 6.07) is 23.4. The van der Waals surface area contributed by atoms with Crippen molar-refractivity contribution in [2.75, 3.05) is 36.4 Å². The lowest BCUT2D eigenvalue weighted by atomic mass is 10.1. The van der Waals surface area contributed by atoms with Crippen LogP contribution in [0.25, 0.3) is 17.4 Å². The van der Waals surface area contributed by atoms with Crippen LogP contribution in [0, 0.1) is 0 Å². The van der Waals surface area contributed by atoms with E-state index in [0.29, 0.717) is 64.0 Å². The van der Waals surface area contributed by atoms with Gasteiger partial charge >= 0.3 is 0 Å². The first kappa shape index (κ1) is 26.9. The Morgan fingerprint density at radius 2 is 1.54 bits per heavy atom. The Kier molecular flexibility index (Phi) is 8.27. The summed E-state index contributed by atoms with van der Waals surface area (Å²) in [6.07, 6.45) is 2.97. The third-order valence-electron chi connectivity index (χ3n) is 6.32. The molecule has 1 fully saturated rings. The van der Waals surface area contributed by atoms with Gasteiger partial charge in [-0.05, 0) is 66.7 Å². The lowest BCUT2D eigenvalue weighted by Gasteiger charge is -2.36. The lowest BCUT2D eigenvalue weighted by Crippen LogP contribution is -2.48. The molecule has 39 heavy (non-hydrogen) atoms. The Morgan fingerprint density at radius 1 is 0.821 bits per heavy atom. The van der Waals surface area contributed by atoms with Gasteiger partial charge in [0.1, 0.15) is 11.5 Å². The summed E-state index contributed by atoms with van der Waals surface area (Å²) >= 11 is 18.7. The van der Waals surface area contributed by atoms with E-state index in [0.717, 1.165) is 11.3 Å². The zero-order chi connectivity index (χ0) is 27.4. The molecule has 1 aliphatic heterocycles. The van der Waals surface area contributed by atoms with Crippen molar-refractivity contribution in [1.82, 2.24) is 4.90 Å². The maximum atomic E-state index is 12.7. The van der Waals surface area contributed by atoms with Gasteiger partial charge in [-0.15, -0.1) is 0 Å². The normalized spacial score (nSPS) is 13.6. The van der Waals surface area contributed by atoms with E-state index in [9.17, 15) is 9.59 Å². The highest BCUT2D eigenvalue weighted by Crippen LogP contribution is 2.31. The van der Waals surface area contributed by atoms with Gasteiger partial charge in [0.15, 0.2) is 0 Å². The van der Waals surface area contributed by atoms with Crippen molar-refractivity contribution in [3.63, 3.8) is 0 Å². The van der Waals surface area contributed by atoms with Gasteiger partial charge in [0.05, 0.1) is 10.7 Å². The second-order valence-corrected chi connectivity index (χ2v) is 10.3. The van der Waals surface area contributed by atoms with Crippen LogP contribution in [0.5, 0.6) is 0 Å². The van der Waals surface area contributed by atoms with Crippen LogP contribution in [-0.4, -0.2) is 42.9 Å². The van der Waals surface area contributed by atoms with Gasteiger partial charge in [-0.1, -0.05) is 53.0 Å². The third-order valence-corrected chi connectivity index (χ3v) is 7.06. The number of halogens is 3. The van der Waals surface area contributed by atoms with Crippen LogP contribution in [0.3, 0.4) is 0 Å². The molecular formula is C30H24Cl3N3O3. The van der Waals surface area contributed by atoms with E-state index in [1.54, 1.807) is 42.5 Å². The molecule has 1 aromatic heterocycles. The fraction of sp³-hybridized carbons (Fsp3) is 0.133. The smallest absolute Gasteiger partial charge is 0.253 e. The summed E-state index contributed by atoms with van der Waals surface area (Å²) < 4.78 is 5.79. The largest absolute Gasteiger partial charge is 0.457 e. The molecule has 9 heteroatoms. The molecule has 0 aliphatic carbocycles. The molecule has 0 unspecified atom stereocenters. The monoisotopic (exact) mass is 579 g/mol. The number of amides is 2. The molecule has 0 spiro atoms. The Hall–Kier alpha value is -3.71. The molecule has 0 atom stereocenters. The van der Waals surface area contributed by atoms with E-state index in [2.05, 4.69) is 10.2 Å². The fourth-order valence-corrected chi connectivity index (χ4v) is 5.22. The van der Waals surface area contributed by atoms with Crippen molar-refractivity contribution in [2.24, 2.45) is 0 Å². The second-order valence-electron chi connectivity index (χ2n) is 8.99. The Labute approximate surface area is 241 Å². The Balaban J connectivity index is 1.16. The fourth-order valence-electron chi connectivity index (χ4n) is 4.39. The summed E-state index contributed by atoms with van der Waals surface area (Å²) in [5.74, 6) is 0.810. The Morgan fingerprint density at radius 3 is 2.23 bits per heavy atom. The van der Waals surface area contributed by atoms with E-state index >= 15 is 0 Å². The number of benzene rings is 3. The molecule has 6 nitrogen and oxygen atoms in total. The number of hydrogen-bond acceptors (Lipinski definition) is 4. The van der Waals surface area contributed by atoms with E-state index in [1.165, 1.54) is 6.08 Å². The number of hydrogen-bond donors (Lipinski definition) is 1. The van der Waals surface area contributed by atoms with Crippen LogP contribution in [0.15, 0.2) is 89.4 Å². The number of furan rings is 1. The van der Waals surface area contributed by atoms with E-state index in [4.69, 9.17) is 39.2 Å². The summed E-state index contributed by atoms with van der Waals surface area (Å²) in [4.78, 5) is 29.2. The number of anilines is 2. The first-order valence-electron chi connectivity index (χ1n) is 12.3. The van der Waals surface area contributed by atoms with Crippen molar-refractivity contribution in [3.05, 3.63) is 111 Å². The van der Waals surface area contributed by atoms with Crippen LogP contribution < -0.4 is 10.2 Å². The molecule has 0 radical (unpaired) electrons. The standard InChI is InChI=1S/C30H24Cl3N3O3/c31-22-16-21(17-23(32)18-22)28-10-7-25(39-28)8-11-29(37)34-24-6-9-27(26(33)19-24)35-12-14-36(15-13-35)30(38)20-4-2-1-3-5-20/h1-11,16-19H,12-15H2,(H,34,37)/b11-8+. The molecule has 1 N–H and O–H groups in total. The van der Waals surface area contributed by atoms with Crippen LogP contribution in [-0.2, 0) is 4.79 Å². The Bertz CT molecular complexity index is 1510. The van der Waals surface area contributed by atoms with Crippen molar-refractivity contribution in [3.8, 4) is 11.3 Å². The average molecular weight is 581 g/mol. The average Bonchev–Trinajstić information content (AvgIpc) is 3.41. The molecule has 3 aromatic carbocycles. The number of piperazine rings is 1. The third kappa shape index (κ3) is 6.66. The van der Waals surface area contributed by atoms with Gasteiger partial charge in [-0.2, -0.15) is 0 Å². The molecule has 0 saturated carbocycles. The number of carbonyl (C=O) groups is 2. The zero-order valence-corrected chi connectivity index (χ0v) is 23.0. The highest BCUT2D eigenvalue weighted by molar-refractivity contribution is 6.35. The molecule has 4 aromatic rings. The molecular weight excluding hydrogens is 557 g/mol. The lowest BCUT2D eigenvalue weighted by molar-refractivity contribution is -0.111. The molecule has 1 aliphatic rings. The first-order valence-corrected chi connectivity index (χ1v) is 13.4. The summed E-state index contributed by atoms with van der Waals surface area (Å²) in [5.41, 5.74) is 2.87. The van der Waals surface area contributed by atoms with Crippen molar-refractivity contribution in [1.29, 1.82) is 0 Å². The van der Waals surface area contributed by atoms with Crippen LogP contribution >= 0.6 is 34.8 Å². The van der Waals surface area contributed by atoms with Gasteiger partial charge in [-0.3, -0.25) is 9.59 Å².